The molecule has 41 heavy (non-hydrogen) atoms. The van der Waals surface area contributed by atoms with Crippen LogP contribution in [0.1, 0.15) is 50.8 Å². The second-order valence-corrected chi connectivity index (χ2v) is 13.8. The Morgan fingerprint density at radius 1 is 0.927 bits per heavy atom. The van der Waals surface area contributed by atoms with E-state index in [9.17, 15) is 18.0 Å². The first-order valence-corrected chi connectivity index (χ1v) is 15.5. The van der Waals surface area contributed by atoms with Crippen molar-refractivity contribution in [3.63, 3.8) is 0 Å². The average Bonchev–Trinajstić information content (AvgIpc) is 2.87. The van der Waals surface area contributed by atoms with Crippen LogP contribution in [0.2, 0.25) is 10.0 Å². The molecule has 3 rings (SSSR count). The molecule has 10 heteroatoms. The van der Waals surface area contributed by atoms with E-state index in [2.05, 4.69) is 5.32 Å². The van der Waals surface area contributed by atoms with Crippen molar-refractivity contribution in [1.82, 2.24) is 10.2 Å². The predicted molar refractivity (Wildman–Crippen MR) is 166 cm³/mol. The van der Waals surface area contributed by atoms with Gasteiger partial charge in [0.05, 0.1) is 10.6 Å². The van der Waals surface area contributed by atoms with Crippen molar-refractivity contribution < 1.29 is 18.0 Å². The van der Waals surface area contributed by atoms with Crippen molar-refractivity contribution in [1.29, 1.82) is 0 Å². The quantitative estimate of drug-likeness (QED) is 0.280. The maximum absolute atomic E-state index is 14.2. The fourth-order valence-corrected chi connectivity index (χ4v) is 6.23. The molecule has 0 saturated heterocycles. The number of hydrogen-bond acceptors (Lipinski definition) is 4. The Balaban J connectivity index is 2.10. The minimum Gasteiger partial charge on any atom is -0.350 e. The van der Waals surface area contributed by atoms with Gasteiger partial charge >= 0.3 is 0 Å². The van der Waals surface area contributed by atoms with Crippen LogP contribution in [0.15, 0.2) is 71.6 Å². The number of hydrogen-bond donors (Lipinski definition) is 1. The van der Waals surface area contributed by atoms with Crippen molar-refractivity contribution in [3.05, 3.63) is 93.5 Å². The van der Waals surface area contributed by atoms with Gasteiger partial charge in [0.15, 0.2) is 0 Å². The molecule has 0 unspecified atom stereocenters. The van der Waals surface area contributed by atoms with Gasteiger partial charge in [-0.05, 0) is 88.6 Å². The molecule has 2 amide bonds. The number of aryl methyl sites for hydroxylation is 2. The molecular formula is C31H37Cl2N3O4S. The number of halogens is 2. The third-order valence-electron chi connectivity index (χ3n) is 6.42. The molecular weight excluding hydrogens is 581 g/mol. The maximum atomic E-state index is 14.2. The minimum atomic E-state index is -4.14. The highest BCUT2D eigenvalue weighted by atomic mass is 35.5. The molecule has 3 aromatic rings. The lowest BCUT2D eigenvalue weighted by Crippen LogP contribution is -2.55. The number of sulfonamides is 1. The number of anilines is 1. The molecule has 0 aliphatic rings. The summed E-state index contributed by atoms with van der Waals surface area (Å²) in [6, 6.07) is 17.5. The predicted octanol–water partition coefficient (Wildman–Crippen LogP) is 6.53. The molecule has 0 saturated carbocycles. The van der Waals surface area contributed by atoms with Crippen molar-refractivity contribution in [3.8, 4) is 0 Å². The van der Waals surface area contributed by atoms with Crippen LogP contribution in [0.4, 0.5) is 5.69 Å². The molecule has 0 bridgehead atoms. The van der Waals surface area contributed by atoms with Gasteiger partial charge in [-0.3, -0.25) is 13.9 Å². The van der Waals surface area contributed by atoms with E-state index in [1.54, 1.807) is 55.5 Å². The van der Waals surface area contributed by atoms with E-state index in [4.69, 9.17) is 23.2 Å². The lowest BCUT2D eigenvalue weighted by molar-refractivity contribution is -0.141. The van der Waals surface area contributed by atoms with E-state index in [1.165, 1.54) is 17.0 Å². The Kier molecular flexibility index (Phi) is 10.5. The number of nitrogens with zero attached hydrogens (tertiary/aromatic N) is 2. The Bertz CT molecular complexity index is 1500. The largest absolute Gasteiger partial charge is 0.350 e. The molecule has 7 nitrogen and oxygen atoms in total. The van der Waals surface area contributed by atoms with Crippen LogP contribution < -0.4 is 9.62 Å². The van der Waals surface area contributed by atoms with Crippen molar-refractivity contribution in [2.24, 2.45) is 0 Å². The van der Waals surface area contributed by atoms with Gasteiger partial charge in [-0.1, -0.05) is 66.0 Å². The van der Waals surface area contributed by atoms with Crippen LogP contribution in [-0.4, -0.2) is 43.3 Å². The van der Waals surface area contributed by atoms with E-state index in [1.807, 2.05) is 40.7 Å². The van der Waals surface area contributed by atoms with Gasteiger partial charge in [0, 0.05) is 22.1 Å². The van der Waals surface area contributed by atoms with Gasteiger partial charge in [0.25, 0.3) is 10.0 Å². The van der Waals surface area contributed by atoms with Gasteiger partial charge in [-0.2, -0.15) is 0 Å². The van der Waals surface area contributed by atoms with Crippen LogP contribution in [0, 0.1) is 13.8 Å². The highest BCUT2D eigenvalue weighted by Crippen LogP contribution is 2.27. The third kappa shape index (κ3) is 8.47. The number of rotatable bonds is 10. The first-order chi connectivity index (χ1) is 19.1. The molecule has 0 aliphatic heterocycles. The number of carbonyl (C=O) groups is 2. The molecule has 3 aromatic carbocycles. The first kappa shape index (κ1) is 32.4. The van der Waals surface area contributed by atoms with Gasteiger partial charge in [-0.25, -0.2) is 8.42 Å². The lowest BCUT2D eigenvalue weighted by atomic mass is 10.1. The summed E-state index contributed by atoms with van der Waals surface area (Å²) in [7, 11) is -4.14. The van der Waals surface area contributed by atoms with Crippen LogP contribution in [-0.2, 0) is 26.2 Å². The zero-order valence-electron chi connectivity index (χ0n) is 24.2. The highest BCUT2D eigenvalue weighted by molar-refractivity contribution is 7.92. The summed E-state index contributed by atoms with van der Waals surface area (Å²) in [5.41, 5.74) is 2.12. The molecule has 1 N–H and O–H groups in total. The van der Waals surface area contributed by atoms with E-state index < -0.39 is 34.1 Å². The summed E-state index contributed by atoms with van der Waals surface area (Å²) < 4.78 is 29.0. The van der Waals surface area contributed by atoms with Crippen LogP contribution in [0.3, 0.4) is 0 Å². The minimum absolute atomic E-state index is 0.0167. The van der Waals surface area contributed by atoms with Crippen LogP contribution in [0.5, 0.6) is 0 Å². The number of amides is 2. The summed E-state index contributed by atoms with van der Waals surface area (Å²) in [5.74, 6) is -0.897. The molecule has 0 heterocycles. The lowest BCUT2D eigenvalue weighted by Gasteiger charge is -2.35. The van der Waals surface area contributed by atoms with E-state index in [0.717, 1.165) is 15.4 Å². The van der Waals surface area contributed by atoms with Crippen LogP contribution in [0.25, 0.3) is 0 Å². The Labute approximate surface area is 253 Å². The highest BCUT2D eigenvalue weighted by Gasteiger charge is 2.35. The Hall–Kier alpha value is -3.07. The van der Waals surface area contributed by atoms with Gasteiger partial charge in [-0.15, -0.1) is 0 Å². The monoisotopic (exact) mass is 617 g/mol. The van der Waals surface area contributed by atoms with Crippen molar-refractivity contribution >= 4 is 50.7 Å². The fraction of sp³-hybridized carbons (Fsp3) is 0.355. The molecule has 0 aliphatic carbocycles. The third-order valence-corrected chi connectivity index (χ3v) is 8.79. The van der Waals surface area contributed by atoms with E-state index in [-0.39, 0.29) is 17.3 Å². The SMILES string of the molecule is CC[C@H](C(=O)NC(C)(C)C)N(Cc1ccc(Cl)cc1Cl)C(=O)CN(c1cccc(C)c1)S(=O)(=O)c1ccc(C)cc1. The molecule has 0 fully saturated rings. The summed E-state index contributed by atoms with van der Waals surface area (Å²) in [6.45, 7) is 10.5. The Morgan fingerprint density at radius 3 is 2.15 bits per heavy atom. The molecule has 0 spiro atoms. The number of carbonyl (C=O) groups excluding carboxylic acids is 2. The first-order valence-electron chi connectivity index (χ1n) is 13.3. The second kappa shape index (κ2) is 13.3. The van der Waals surface area contributed by atoms with E-state index >= 15 is 0 Å². The molecule has 1 atom stereocenters. The zero-order chi connectivity index (χ0) is 30.5. The van der Waals surface area contributed by atoms with E-state index in [0.29, 0.717) is 27.7 Å². The smallest absolute Gasteiger partial charge is 0.264 e. The van der Waals surface area contributed by atoms with Gasteiger partial charge in [0.1, 0.15) is 12.6 Å². The topological polar surface area (TPSA) is 86.8 Å². The number of benzene rings is 3. The molecule has 0 radical (unpaired) electrons. The summed E-state index contributed by atoms with van der Waals surface area (Å²) in [5, 5.41) is 3.72. The maximum Gasteiger partial charge on any atom is 0.264 e. The second-order valence-electron chi connectivity index (χ2n) is 11.1. The molecule has 0 aromatic heterocycles. The molecule has 220 valence electrons. The zero-order valence-corrected chi connectivity index (χ0v) is 26.6. The van der Waals surface area contributed by atoms with Crippen molar-refractivity contribution in [2.75, 3.05) is 10.8 Å². The standard InChI is InChI=1S/C31H37Cl2N3O4S/c1-7-28(30(38)34-31(4,5)6)35(19-23-13-14-24(32)18-27(23)33)29(37)20-36(25-10-8-9-22(3)17-25)41(39,40)26-15-11-21(2)12-16-26/h8-18,28H,7,19-20H2,1-6H3,(H,34,38)/t28-/m1/s1. The summed E-state index contributed by atoms with van der Waals surface area (Å²) in [6.07, 6.45) is 0.300. The van der Waals surface area contributed by atoms with Gasteiger partial charge < -0.3 is 10.2 Å². The van der Waals surface area contributed by atoms with Crippen molar-refractivity contribution in [2.45, 2.75) is 71.0 Å². The normalized spacial score (nSPS) is 12.5. The number of nitrogens with one attached hydrogen (secondary N) is 1. The van der Waals surface area contributed by atoms with Crippen LogP contribution >= 0.6 is 23.2 Å². The van der Waals surface area contributed by atoms with Gasteiger partial charge in [0.2, 0.25) is 11.8 Å². The summed E-state index contributed by atoms with van der Waals surface area (Å²) >= 11 is 12.6. The fourth-order valence-electron chi connectivity index (χ4n) is 4.36. The Morgan fingerprint density at radius 2 is 1.59 bits per heavy atom. The average molecular weight is 619 g/mol. The summed E-state index contributed by atoms with van der Waals surface area (Å²) in [4.78, 5) is 29.0.